The number of rotatable bonds is 10. The number of aromatic nitrogens is 4. The first-order chi connectivity index (χ1) is 14.9. The van der Waals surface area contributed by atoms with Gasteiger partial charge in [0.15, 0.2) is 5.82 Å². The number of aliphatic hydroxyl groups is 1. The SMILES string of the molecule is OCCCNc1cc(-c2ncnc(Nc3cccc(OC(F)(F)C(F)F)c3)n2)ccn1. The molecule has 31 heavy (non-hydrogen) atoms. The third-order valence-electron chi connectivity index (χ3n) is 3.83. The maximum Gasteiger partial charge on any atom is 0.461 e. The van der Waals surface area contributed by atoms with Crippen molar-refractivity contribution in [3.8, 4) is 17.1 Å². The van der Waals surface area contributed by atoms with Gasteiger partial charge in [-0.1, -0.05) is 6.07 Å². The molecule has 0 unspecified atom stereocenters. The number of benzene rings is 1. The Labute approximate surface area is 174 Å². The maximum atomic E-state index is 13.1. The topological polar surface area (TPSA) is 105 Å². The van der Waals surface area contributed by atoms with Crippen LogP contribution in [0.1, 0.15) is 6.42 Å². The first-order valence-corrected chi connectivity index (χ1v) is 9.09. The van der Waals surface area contributed by atoms with E-state index in [1.807, 2.05) is 0 Å². The Morgan fingerprint density at radius 1 is 1.10 bits per heavy atom. The van der Waals surface area contributed by atoms with E-state index < -0.39 is 18.3 Å². The van der Waals surface area contributed by atoms with Crippen LogP contribution in [0.25, 0.3) is 11.4 Å². The fourth-order valence-corrected chi connectivity index (χ4v) is 2.43. The number of nitrogens with one attached hydrogen (secondary N) is 2. The Balaban J connectivity index is 1.74. The summed E-state index contributed by atoms with van der Waals surface area (Å²) < 4.78 is 55.0. The second kappa shape index (κ2) is 9.98. The van der Waals surface area contributed by atoms with Gasteiger partial charge in [0.05, 0.1) is 0 Å². The van der Waals surface area contributed by atoms with Crippen LogP contribution in [0.4, 0.5) is 35.0 Å². The second-order valence-electron chi connectivity index (χ2n) is 6.18. The average Bonchev–Trinajstić information content (AvgIpc) is 2.74. The van der Waals surface area contributed by atoms with E-state index >= 15 is 0 Å². The molecule has 12 heteroatoms. The molecule has 0 fully saturated rings. The molecule has 0 radical (unpaired) electrons. The molecule has 2 aromatic heterocycles. The van der Waals surface area contributed by atoms with Crippen molar-refractivity contribution in [2.45, 2.75) is 19.0 Å². The molecule has 2 heterocycles. The van der Waals surface area contributed by atoms with Crippen LogP contribution >= 0.6 is 0 Å². The van der Waals surface area contributed by atoms with E-state index in [-0.39, 0.29) is 18.2 Å². The predicted molar refractivity (Wildman–Crippen MR) is 105 cm³/mol. The monoisotopic (exact) mass is 438 g/mol. The standard InChI is InChI=1S/C19H18F4N6O2/c20-17(21)19(22,23)31-14-4-1-3-13(10-14)28-18-27-11-26-16(29-18)12-5-7-25-15(9-12)24-6-2-8-30/h1,3-5,7,9-11,17,30H,2,6,8H2,(H,24,25)(H,26,27,28,29). The second-order valence-corrected chi connectivity index (χ2v) is 6.18. The van der Waals surface area contributed by atoms with Crippen molar-refractivity contribution in [2.75, 3.05) is 23.8 Å². The first kappa shape index (κ1) is 22.2. The number of ether oxygens (including phenoxy) is 1. The summed E-state index contributed by atoms with van der Waals surface area (Å²) in [7, 11) is 0. The van der Waals surface area contributed by atoms with Crippen molar-refractivity contribution >= 4 is 17.5 Å². The summed E-state index contributed by atoms with van der Waals surface area (Å²) in [6, 6.07) is 8.52. The summed E-state index contributed by atoms with van der Waals surface area (Å²) in [5.41, 5.74) is 0.890. The Bertz CT molecular complexity index is 1010. The van der Waals surface area contributed by atoms with Gasteiger partial charge in [0.1, 0.15) is 17.9 Å². The largest absolute Gasteiger partial charge is 0.461 e. The molecule has 8 nitrogen and oxygen atoms in total. The van der Waals surface area contributed by atoms with Gasteiger partial charge in [-0.3, -0.25) is 0 Å². The third kappa shape index (κ3) is 6.22. The van der Waals surface area contributed by atoms with E-state index in [4.69, 9.17) is 5.11 Å². The van der Waals surface area contributed by atoms with Gasteiger partial charge in [-0.15, -0.1) is 0 Å². The minimum atomic E-state index is -4.61. The molecule has 0 atom stereocenters. The van der Waals surface area contributed by atoms with Gasteiger partial charge in [0.25, 0.3) is 0 Å². The highest BCUT2D eigenvalue weighted by molar-refractivity contribution is 5.62. The number of hydrogen-bond acceptors (Lipinski definition) is 8. The van der Waals surface area contributed by atoms with Crippen LogP contribution in [-0.4, -0.2) is 50.7 Å². The number of nitrogens with zero attached hydrogens (tertiary/aromatic N) is 4. The molecule has 0 saturated heterocycles. The summed E-state index contributed by atoms with van der Waals surface area (Å²) in [4.78, 5) is 16.5. The molecule has 0 aliphatic heterocycles. The minimum Gasteiger partial charge on any atom is -0.428 e. The Hall–Kier alpha value is -3.54. The molecular formula is C19H18F4N6O2. The lowest BCUT2D eigenvalue weighted by atomic mass is 10.2. The molecule has 0 aliphatic carbocycles. The number of hydrogen-bond donors (Lipinski definition) is 3. The van der Waals surface area contributed by atoms with Crippen molar-refractivity contribution in [1.29, 1.82) is 0 Å². The van der Waals surface area contributed by atoms with Crippen LogP contribution in [0.5, 0.6) is 5.75 Å². The fourth-order valence-electron chi connectivity index (χ4n) is 2.43. The van der Waals surface area contributed by atoms with E-state index in [9.17, 15) is 17.6 Å². The molecule has 3 aromatic rings. The van der Waals surface area contributed by atoms with Gasteiger partial charge in [0, 0.05) is 36.7 Å². The predicted octanol–water partition coefficient (Wildman–Crippen LogP) is 3.71. The van der Waals surface area contributed by atoms with E-state index in [2.05, 4.69) is 35.3 Å². The quantitative estimate of drug-likeness (QED) is 0.325. The Morgan fingerprint density at radius 3 is 2.71 bits per heavy atom. The average molecular weight is 438 g/mol. The summed E-state index contributed by atoms with van der Waals surface area (Å²) in [6.07, 6.45) is -5.17. The fraction of sp³-hybridized carbons (Fsp3) is 0.263. The summed E-state index contributed by atoms with van der Waals surface area (Å²) in [5.74, 6) is 0.555. The summed E-state index contributed by atoms with van der Waals surface area (Å²) in [5, 5.41) is 14.7. The first-order valence-electron chi connectivity index (χ1n) is 9.09. The number of halogens is 4. The molecule has 3 N–H and O–H groups in total. The van der Waals surface area contributed by atoms with E-state index in [0.717, 1.165) is 12.1 Å². The highest BCUT2D eigenvalue weighted by atomic mass is 19.3. The zero-order valence-corrected chi connectivity index (χ0v) is 16.0. The van der Waals surface area contributed by atoms with E-state index in [1.165, 1.54) is 18.5 Å². The molecule has 0 aliphatic rings. The van der Waals surface area contributed by atoms with Crippen LogP contribution in [-0.2, 0) is 0 Å². The van der Waals surface area contributed by atoms with Crippen LogP contribution < -0.4 is 15.4 Å². The minimum absolute atomic E-state index is 0.0568. The van der Waals surface area contributed by atoms with Gasteiger partial charge in [-0.25, -0.2) is 15.0 Å². The van der Waals surface area contributed by atoms with Crippen molar-refractivity contribution in [3.63, 3.8) is 0 Å². The highest BCUT2D eigenvalue weighted by Gasteiger charge is 2.43. The lowest BCUT2D eigenvalue weighted by Gasteiger charge is -2.17. The van der Waals surface area contributed by atoms with Gasteiger partial charge in [-0.2, -0.15) is 22.5 Å². The van der Waals surface area contributed by atoms with Crippen LogP contribution in [0.15, 0.2) is 48.9 Å². The lowest BCUT2D eigenvalue weighted by molar-refractivity contribution is -0.253. The Morgan fingerprint density at radius 2 is 1.94 bits per heavy atom. The molecule has 3 rings (SSSR count). The van der Waals surface area contributed by atoms with E-state index in [1.54, 1.807) is 18.3 Å². The van der Waals surface area contributed by atoms with Gasteiger partial charge in [0.2, 0.25) is 5.95 Å². The molecule has 1 aromatic carbocycles. The number of aliphatic hydroxyl groups excluding tert-OH is 1. The number of anilines is 3. The van der Waals surface area contributed by atoms with Crippen molar-refractivity contribution in [2.24, 2.45) is 0 Å². The zero-order valence-electron chi connectivity index (χ0n) is 16.0. The van der Waals surface area contributed by atoms with E-state index in [0.29, 0.717) is 30.2 Å². The van der Waals surface area contributed by atoms with Crippen molar-refractivity contribution in [1.82, 2.24) is 19.9 Å². The molecule has 164 valence electrons. The lowest BCUT2D eigenvalue weighted by Crippen LogP contribution is -2.33. The van der Waals surface area contributed by atoms with Crippen LogP contribution in [0.2, 0.25) is 0 Å². The van der Waals surface area contributed by atoms with Crippen molar-refractivity contribution < 1.29 is 27.4 Å². The molecule has 0 saturated carbocycles. The van der Waals surface area contributed by atoms with Gasteiger partial charge in [-0.05, 0) is 30.7 Å². The number of pyridine rings is 1. The smallest absolute Gasteiger partial charge is 0.428 e. The number of alkyl halides is 4. The highest BCUT2D eigenvalue weighted by Crippen LogP contribution is 2.29. The molecule has 0 spiro atoms. The van der Waals surface area contributed by atoms with Crippen LogP contribution in [0, 0.1) is 0 Å². The Kier molecular flexibility index (Phi) is 7.13. The third-order valence-corrected chi connectivity index (χ3v) is 3.83. The normalized spacial score (nSPS) is 11.4. The van der Waals surface area contributed by atoms with Gasteiger partial charge >= 0.3 is 12.5 Å². The molecule has 0 amide bonds. The maximum absolute atomic E-state index is 13.1. The molecular weight excluding hydrogens is 420 g/mol. The van der Waals surface area contributed by atoms with Crippen molar-refractivity contribution in [3.05, 3.63) is 48.9 Å². The summed E-state index contributed by atoms with van der Waals surface area (Å²) in [6.45, 7) is 0.598. The van der Waals surface area contributed by atoms with Gasteiger partial charge < -0.3 is 20.5 Å². The summed E-state index contributed by atoms with van der Waals surface area (Å²) >= 11 is 0. The zero-order chi connectivity index (χ0) is 22.3. The molecule has 0 bridgehead atoms. The van der Waals surface area contributed by atoms with Crippen LogP contribution in [0.3, 0.4) is 0 Å².